The summed E-state index contributed by atoms with van der Waals surface area (Å²) in [6.45, 7) is 1.40. The third kappa shape index (κ3) is 4.86. The average molecular weight is 363 g/mol. The molecule has 0 unspecified atom stereocenters. The number of amides is 2. The maximum absolute atomic E-state index is 12.4. The third-order valence-electron chi connectivity index (χ3n) is 3.27. The van der Waals surface area contributed by atoms with Crippen molar-refractivity contribution in [2.24, 2.45) is 0 Å². The maximum atomic E-state index is 12.4. The predicted molar refractivity (Wildman–Crippen MR) is 90.5 cm³/mol. The molecule has 4 N–H and O–H groups in total. The molecule has 0 fully saturated rings. The van der Waals surface area contributed by atoms with Crippen LogP contribution in [0, 0.1) is 0 Å². The lowest BCUT2D eigenvalue weighted by molar-refractivity contribution is -0.117. The Morgan fingerprint density at radius 3 is 2.36 bits per heavy atom. The lowest BCUT2D eigenvalue weighted by Crippen LogP contribution is -2.41. The monoisotopic (exact) mass is 363 g/mol. The first-order valence-electron chi connectivity index (χ1n) is 7.26. The van der Waals surface area contributed by atoms with E-state index >= 15 is 0 Å². The number of para-hydroxylation sites is 1. The van der Waals surface area contributed by atoms with Crippen LogP contribution in [0.25, 0.3) is 0 Å². The molecular formula is C16H17N3O5S. The Hall–Kier alpha value is -2.75. The van der Waals surface area contributed by atoms with E-state index in [-0.39, 0.29) is 10.5 Å². The third-order valence-corrected chi connectivity index (χ3v) is 4.81. The van der Waals surface area contributed by atoms with Gasteiger partial charge >= 0.3 is 0 Å². The van der Waals surface area contributed by atoms with Crippen LogP contribution in [-0.2, 0) is 14.8 Å². The van der Waals surface area contributed by atoms with Crippen LogP contribution in [0.1, 0.15) is 17.3 Å². The summed E-state index contributed by atoms with van der Waals surface area (Å²) in [4.78, 5) is 23.3. The minimum atomic E-state index is -4.03. The van der Waals surface area contributed by atoms with Gasteiger partial charge in [0.15, 0.2) is 0 Å². The molecule has 0 aliphatic rings. The van der Waals surface area contributed by atoms with Crippen LogP contribution in [0.3, 0.4) is 0 Å². The molecule has 2 aromatic rings. The zero-order chi connectivity index (χ0) is 18.4. The van der Waals surface area contributed by atoms with Crippen LogP contribution in [0.2, 0.25) is 0 Å². The molecule has 0 aliphatic carbocycles. The number of anilines is 1. The van der Waals surface area contributed by atoms with Gasteiger partial charge < -0.3 is 5.32 Å². The summed E-state index contributed by atoms with van der Waals surface area (Å²) in [5.74, 6) is -1.37. The SMILES string of the molecule is C[C@H](NS(=O)(=O)c1cccc(C(=O)NO)c1)C(=O)Nc1ccccc1. The zero-order valence-electron chi connectivity index (χ0n) is 13.3. The van der Waals surface area contributed by atoms with Gasteiger partial charge in [-0.15, -0.1) is 0 Å². The maximum Gasteiger partial charge on any atom is 0.274 e. The number of hydrogen-bond acceptors (Lipinski definition) is 5. The molecule has 132 valence electrons. The Labute approximate surface area is 144 Å². The molecule has 0 aliphatic heterocycles. The Bertz CT molecular complexity index is 868. The molecule has 2 amide bonds. The van der Waals surface area contributed by atoms with Crippen LogP contribution in [0.5, 0.6) is 0 Å². The van der Waals surface area contributed by atoms with E-state index in [1.807, 2.05) is 0 Å². The van der Waals surface area contributed by atoms with Gasteiger partial charge in [0.2, 0.25) is 15.9 Å². The van der Waals surface area contributed by atoms with Gasteiger partial charge in [0, 0.05) is 11.3 Å². The highest BCUT2D eigenvalue weighted by Crippen LogP contribution is 2.13. The second kappa shape index (κ2) is 7.88. The number of hydrogen-bond donors (Lipinski definition) is 4. The summed E-state index contributed by atoms with van der Waals surface area (Å²) in [5.41, 5.74) is 1.93. The quantitative estimate of drug-likeness (QED) is 0.452. The molecule has 2 aromatic carbocycles. The van der Waals surface area contributed by atoms with Gasteiger partial charge in [-0.05, 0) is 37.3 Å². The second-order valence-corrected chi connectivity index (χ2v) is 6.88. The van der Waals surface area contributed by atoms with E-state index in [0.717, 1.165) is 6.07 Å². The van der Waals surface area contributed by atoms with Gasteiger partial charge in [-0.2, -0.15) is 4.72 Å². The largest absolute Gasteiger partial charge is 0.325 e. The Morgan fingerprint density at radius 1 is 1.04 bits per heavy atom. The summed E-state index contributed by atoms with van der Waals surface area (Å²) in [5, 5.41) is 11.2. The smallest absolute Gasteiger partial charge is 0.274 e. The van der Waals surface area contributed by atoms with E-state index in [1.165, 1.54) is 30.6 Å². The van der Waals surface area contributed by atoms with Crippen LogP contribution >= 0.6 is 0 Å². The van der Waals surface area contributed by atoms with E-state index in [9.17, 15) is 18.0 Å². The first kappa shape index (κ1) is 18.6. The second-order valence-electron chi connectivity index (χ2n) is 5.17. The van der Waals surface area contributed by atoms with Crippen molar-refractivity contribution < 1.29 is 23.2 Å². The number of nitrogens with one attached hydrogen (secondary N) is 3. The minimum absolute atomic E-state index is 0.0354. The normalized spacial score (nSPS) is 12.2. The van der Waals surface area contributed by atoms with Gasteiger partial charge in [0.25, 0.3) is 5.91 Å². The van der Waals surface area contributed by atoms with Gasteiger partial charge in [0.1, 0.15) is 0 Å². The highest BCUT2D eigenvalue weighted by Gasteiger charge is 2.23. The van der Waals surface area contributed by atoms with Crippen molar-refractivity contribution in [2.75, 3.05) is 5.32 Å². The van der Waals surface area contributed by atoms with Gasteiger partial charge in [-0.3, -0.25) is 14.8 Å². The first-order valence-corrected chi connectivity index (χ1v) is 8.74. The summed E-state index contributed by atoms with van der Waals surface area (Å²) >= 11 is 0. The molecule has 25 heavy (non-hydrogen) atoms. The molecule has 8 nitrogen and oxygen atoms in total. The van der Waals surface area contributed by atoms with Crippen molar-refractivity contribution >= 4 is 27.5 Å². The van der Waals surface area contributed by atoms with Crippen molar-refractivity contribution in [1.82, 2.24) is 10.2 Å². The molecule has 0 spiro atoms. The van der Waals surface area contributed by atoms with Crippen LogP contribution in [0.4, 0.5) is 5.69 Å². The lowest BCUT2D eigenvalue weighted by atomic mass is 10.2. The Balaban J connectivity index is 2.12. The highest BCUT2D eigenvalue weighted by atomic mass is 32.2. The molecule has 0 aromatic heterocycles. The van der Waals surface area contributed by atoms with Crippen molar-refractivity contribution in [2.45, 2.75) is 17.9 Å². The summed E-state index contributed by atoms with van der Waals surface area (Å²) in [6.07, 6.45) is 0. The molecular weight excluding hydrogens is 346 g/mol. The standard InChI is InChI=1S/C16H17N3O5S/c1-11(15(20)17-13-7-3-2-4-8-13)19-25(23,24)14-9-5-6-12(10-14)16(21)18-22/h2-11,19,22H,1H3,(H,17,20)(H,18,21)/t11-/m0/s1. The van der Waals surface area contributed by atoms with E-state index in [1.54, 1.807) is 30.3 Å². The van der Waals surface area contributed by atoms with E-state index in [4.69, 9.17) is 5.21 Å². The average Bonchev–Trinajstić information content (AvgIpc) is 2.61. The molecule has 0 saturated carbocycles. The van der Waals surface area contributed by atoms with Crippen molar-refractivity contribution in [3.05, 3.63) is 60.2 Å². The van der Waals surface area contributed by atoms with Crippen molar-refractivity contribution in [3.8, 4) is 0 Å². The molecule has 0 heterocycles. The van der Waals surface area contributed by atoms with E-state index in [0.29, 0.717) is 5.69 Å². The zero-order valence-corrected chi connectivity index (χ0v) is 14.1. The molecule has 0 radical (unpaired) electrons. The predicted octanol–water partition coefficient (Wildman–Crippen LogP) is 1.11. The van der Waals surface area contributed by atoms with Gasteiger partial charge in [-0.1, -0.05) is 24.3 Å². The number of sulfonamides is 1. The minimum Gasteiger partial charge on any atom is -0.325 e. The van der Waals surface area contributed by atoms with Crippen LogP contribution < -0.4 is 15.5 Å². The lowest BCUT2D eigenvalue weighted by Gasteiger charge is -2.15. The first-order chi connectivity index (χ1) is 11.8. The van der Waals surface area contributed by atoms with Crippen LogP contribution in [-0.4, -0.2) is 31.5 Å². The number of carbonyl (C=O) groups is 2. The summed E-state index contributed by atoms with van der Waals surface area (Å²) in [6, 6.07) is 12.6. The van der Waals surface area contributed by atoms with Gasteiger partial charge in [0.05, 0.1) is 10.9 Å². The molecule has 0 bridgehead atoms. The number of rotatable bonds is 6. The fourth-order valence-electron chi connectivity index (χ4n) is 2.00. The molecule has 0 saturated heterocycles. The molecule has 9 heteroatoms. The number of benzene rings is 2. The van der Waals surface area contributed by atoms with Crippen molar-refractivity contribution in [3.63, 3.8) is 0 Å². The van der Waals surface area contributed by atoms with E-state index in [2.05, 4.69) is 10.0 Å². The molecule has 2 rings (SSSR count). The summed E-state index contributed by atoms with van der Waals surface area (Å²) < 4.78 is 27.0. The van der Waals surface area contributed by atoms with E-state index < -0.39 is 27.9 Å². The number of hydroxylamine groups is 1. The fourth-order valence-corrected chi connectivity index (χ4v) is 3.24. The molecule has 1 atom stereocenters. The summed E-state index contributed by atoms with van der Waals surface area (Å²) in [7, 11) is -4.03. The van der Waals surface area contributed by atoms with Crippen molar-refractivity contribution in [1.29, 1.82) is 0 Å². The Morgan fingerprint density at radius 2 is 1.72 bits per heavy atom. The van der Waals surface area contributed by atoms with Gasteiger partial charge in [-0.25, -0.2) is 13.9 Å². The topological polar surface area (TPSA) is 125 Å². The highest BCUT2D eigenvalue weighted by molar-refractivity contribution is 7.89. The van der Waals surface area contributed by atoms with Crippen LogP contribution in [0.15, 0.2) is 59.5 Å². The number of carbonyl (C=O) groups excluding carboxylic acids is 2. The fraction of sp³-hybridized carbons (Fsp3) is 0.125. The Kier molecular flexibility index (Phi) is 5.86.